The minimum Gasteiger partial charge on any atom is -0.495 e. The van der Waals surface area contributed by atoms with Crippen molar-refractivity contribution in [1.29, 1.82) is 0 Å². The molecule has 1 aromatic rings. The van der Waals surface area contributed by atoms with Crippen molar-refractivity contribution in [1.82, 2.24) is 15.5 Å². The van der Waals surface area contributed by atoms with Gasteiger partial charge in [0.1, 0.15) is 5.75 Å². The summed E-state index contributed by atoms with van der Waals surface area (Å²) in [7, 11) is 1.67. The lowest BCUT2D eigenvalue weighted by Gasteiger charge is -2.23. The Labute approximate surface area is 154 Å². The highest BCUT2D eigenvalue weighted by molar-refractivity contribution is 5.78. The minimum absolute atomic E-state index is 0.0660. The summed E-state index contributed by atoms with van der Waals surface area (Å²) < 4.78 is 5.43. The van der Waals surface area contributed by atoms with Gasteiger partial charge in [0.05, 0.1) is 12.8 Å². The largest absolute Gasteiger partial charge is 0.495 e. The topological polar surface area (TPSA) is 73.9 Å². The molecule has 2 aliphatic heterocycles. The molecule has 0 aromatic heterocycles. The maximum absolute atomic E-state index is 12.3. The van der Waals surface area contributed by atoms with Crippen molar-refractivity contribution in [3.05, 3.63) is 24.3 Å². The molecule has 142 valence electrons. The van der Waals surface area contributed by atoms with E-state index >= 15 is 0 Å². The number of benzene rings is 1. The van der Waals surface area contributed by atoms with Gasteiger partial charge in [0.25, 0.3) is 0 Å². The number of anilines is 1. The second-order valence-corrected chi connectivity index (χ2v) is 7.07. The third kappa shape index (κ3) is 4.39. The summed E-state index contributed by atoms with van der Waals surface area (Å²) >= 11 is 0. The van der Waals surface area contributed by atoms with E-state index in [0.717, 1.165) is 43.9 Å². The van der Waals surface area contributed by atoms with Crippen LogP contribution >= 0.6 is 0 Å². The molecular formula is C19H28N4O3. The van der Waals surface area contributed by atoms with Gasteiger partial charge >= 0.3 is 6.03 Å². The van der Waals surface area contributed by atoms with Gasteiger partial charge in [-0.1, -0.05) is 12.1 Å². The number of likely N-dealkylation sites (tertiary alicyclic amines) is 1. The normalized spacial score (nSPS) is 21.0. The molecule has 0 spiro atoms. The molecular weight excluding hydrogens is 332 g/mol. The number of hydrogen-bond acceptors (Lipinski definition) is 4. The molecule has 7 nitrogen and oxygen atoms in total. The van der Waals surface area contributed by atoms with E-state index in [4.69, 9.17) is 4.74 Å². The molecule has 26 heavy (non-hydrogen) atoms. The molecule has 3 rings (SSSR count). The van der Waals surface area contributed by atoms with Crippen LogP contribution in [0, 0.1) is 0 Å². The Balaban J connectivity index is 1.46. The number of urea groups is 1. The molecule has 0 radical (unpaired) electrons. The van der Waals surface area contributed by atoms with Crippen molar-refractivity contribution >= 4 is 17.6 Å². The number of para-hydroxylation sites is 2. The summed E-state index contributed by atoms with van der Waals surface area (Å²) in [5, 5.41) is 5.99. The van der Waals surface area contributed by atoms with E-state index in [2.05, 4.69) is 15.5 Å². The number of ether oxygens (including phenoxy) is 1. The van der Waals surface area contributed by atoms with Crippen LogP contribution in [0.3, 0.4) is 0 Å². The zero-order valence-electron chi connectivity index (χ0n) is 15.5. The third-order valence-corrected chi connectivity index (χ3v) is 4.99. The quantitative estimate of drug-likeness (QED) is 0.808. The Bertz CT molecular complexity index is 651. The summed E-state index contributed by atoms with van der Waals surface area (Å²) in [5.74, 6) is 1.03. The van der Waals surface area contributed by atoms with E-state index in [1.807, 2.05) is 36.1 Å². The van der Waals surface area contributed by atoms with Crippen LogP contribution in [0.4, 0.5) is 10.5 Å². The number of carbonyl (C=O) groups excluding carboxylic acids is 2. The lowest BCUT2D eigenvalue weighted by Crippen LogP contribution is -2.49. The molecule has 2 aliphatic rings. The Morgan fingerprint density at radius 3 is 2.88 bits per heavy atom. The lowest BCUT2D eigenvalue weighted by molar-refractivity contribution is -0.127. The second kappa shape index (κ2) is 8.29. The molecule has 7 heteroatoms. The van der Waals surface area contributed by atoms with Crippen LogP contribution in [-0.2, 0) is 4.79 Å². The average molecular weight is 360 g/mol. The van der Waals surface area contributed by atoms with Crippen molar-refractivity contribution < 1.29 is 14.3 Å². The molecule has 2 heterocycles. The van der Waals surface area contributed by atoms with Gasteiger partial charge in [-0.3, -0.25) is 4.79 Å². The number of methoxy groups -OCH3 is 1. The van der Waals surface area contributed by atoms with Crippen LogP contribution in [0.2, 0.25) is 0 Å². The van der Waals surface area contributed by atoms with Gasteiger partial charge in [0.15, 0.2) is 0 Å². The van der Waals surface area contributed by atoms with Crippen molar-refractivity contribution in [2.45, 2.75) is 38.3 Å². The molecule has 3 amide bonds. The highest BCUT2D eigenvalue weighted by atomic mass is 16.5. The van der Waals surface area contributed by atoms with Crippen molar-refractivity contribution in [3.8, 4) is 5.75 Å². The first-order valence-corrected chi connectivity index (χ1v) is 9.29. The predicted molar refractivity (Wildman–Crippen MR) is 101 cm³/mol. The third-order valence-electron chi connectivity index (χ3n) is 4.99. The van der Waals surface area contributed by atoms with Crippen molar-refractivity contribution in [2.75, 3.05) is 38.2 Å². The Hall–Kier alpha value is -2.44. The molecule has 0 aliphatic carbocycles. The van der Waals surface area contributed by atoms with Crippen LogP contribution in [-0.4, -0.2) is 62.2 Å². The van der Waals surface area contributed by atoms with Gasteiger partial charge in [-0.05, 0) is 31.9 Å². The Morgan fingerprint density at radius 1 is 1.35 bits per heavy atom. The SMILES string of the molecule is COc1ccccc1N1CCC(NC(=O)NC(C)CN2CCCC2=O)C1. The summed E-state index contributed by atoms with van der Waals surface area (Å²) in [5.41, 5.74) is 1.06. The first kappa shape index (κ1) is 18.4. The van der Waals surface area contributed by atoms with Crippen molar-refractivity contribution in [2.24, 2.45) is 0 Å². The van der Waals surface area contributed by atoms with E-state index < -0.39 is 0 Å². The van der Waals surface area contributed by atoms with E-state index in [9.17, 15) is 9.59 Å². The van der Waals surface area contributed by atoms with Crippen LogP contribution in [0.15, 0.2) is 24.3 Å². The highest BCUT2D eigenvalue weighted by Gasteiger charge is 2.27. The maximum atomic E-state index is 12.3. The molecule has 2 unspecified atom stereocenters. The zero-order chi connectivity index (χ0) is 18.5. The fourth-order valence-electron chi connectivity index (χ4n) is 3.71. The van der Waals surface area contributed by atoms with Gasteiger partial charge in [0.2, 0.25) is 5.91 Å². The molecule has 2 fully saturated rings. The van der Waals surface area contributed by atoms with Gasteiger partial charge in [-0.2, -0.15) is 0 Å². The number of carbonyl (C=O) groups is 2. The smallest absolute Gasteiger partial charge is 0.315 e. The number of rotatable bonds is 6. The van der Waals surface area contributed by atoms with Crippen LogP contribution in [0.25, 0.3) is 0 Å². The molecule has 0 saturated carbocycles. The Kier molecular flexibility index (Phi) is 5.85. The van der Waals surface area contributed by atoms with E-state index in [1.165, 1.54) is 0 Å². The van der Waals surface area contributed by atoms with Gasteiger partial charge < -0.3 is 25.2 Å². The Morgan fingerprint density at radius 2 is 2.15 bits per heavy atom. The summed E-state index contributed by atoms with van der Waals surface area (Å²) in [6.45, 7) is 4.93. The number of nitrogens with one attached hydrogen (secondary N) is 2. The predicted octanol–water partition coefficient (Wildman–Crippen LogP) is 1.58. The summed E-state index contributed by atoms with van der Waals surface area (Å²) in [6.07, 6.45) is 2.43. The van der Waals surface area contributed by atoms with E-state index in [-0.39, 0.29) is 24.0 Å². The minimum atomic E-state index is -0.170. The van der Waals surface area contributed by atoms with Crippen LogP contribution in [0.1, 0.15) is 26.2 Å². The fourth-order valence-corrected chi connectivity index (χ4v) is 3.71. The number of nitrogens with zero attached hydrogens (tertiary/aromatic N) is 2. The fraction of sp³-hybridized carbons (Fsp3) is 0.579. The molecule has 2 atom stereocenters. The zero-order valence-corrected chi connectivity index (χ0v) is 15.5. The average Bonchev–Trinajstić information content (AvgIpc) is 3.24. The lowest BCUT2D eigenvalue weighted by atomic mass is 10.2. The van der Waals surface area contributed by atoms with Gasteiger partial charge in [0, 0.05) is 44.7 Å². The first-order valence-electron chi connectivity index (χ1n) is 9.29. The summed E-state index contributed by atoms with van der Waals surface area (Å²) in [4.78, 5) is 28.0. The van der Waals surface area contributed by atoms with Crippen LogP contribution < -0.4 is 20.3 Å². The van der Waals surface area contributed by atoms with Gasteiger partial charge in [-0.15, -0.1) is 0 Å². The van der Waals surface area contributed by atoms with Crippen LogP contribution in [0.5, 0.6) is 5.75 Å². The molecule has 2 N–H and O–H groups in total. The standard InChI is InChI=1S/C19H28N4O3/c1-14(12-23-10-5-8-18(23)24)20-19(25)21-15-9-11-22(13-15)16-6-3-4-7-17(16)26-2/h3-4,6-7,14-15H,5,8-13H2,1-2H3,(H2,20,21,25). The highest BCUT2D eigenvalue weighted by Crippen LogP contribution is 2.30. The van der Waals surface area contributed by atoms with E-state index in [0.29, 0.717) is 13.0 Å². The number of amides is 3. The maximum Gasteiger partial charge on any atom is 0.315 e. The second-order valence-electron chi connectivity index (χ2n) is 7.07. The summed E-state index contributed by atoms with van der Waals surface area (Å²) in [6, 6.07) is 7.79. The molecule has 0 bridgehead atoms. The molecule has 1 aromatic carbocycles. The number of hydrogen-bond donors (Lipinski definition) is 2. The monoisotopic (exact) mass is 360 g/mol. The molecule has 2 saturated heterocycles. The van der Waals surface area contributed by atoms with E-state index in [1.54, 1.807) is 7.11 Å². The van der Waals surface area contributed by atoms with Gasteiger partial charge in [-0.25, -0.2) is 4.79 Å². The first-order chi connectivity index (χ1) is 12.6. The van der Waals surface area contributed by atoms with Crippen molar-refractivity contribution in [3.63, 3.8) is 0 Å².